The van der Waals surface area contributed by atoms with Crippen LogP contribution >= 0.6 is 46.4 Å². The Morgan fingerprint density at radius 2 is 0.938 bits per heavy atom. The van der Waals surface area contributed by atoms with E-state index in [4.69, 9.17) is 57.9 Å². The molecule has 0 radical (unpaired) electrons. The largest absolute Gasteiger partial charge is 0.366 e. The van der Waals surface area contributed by atoms with Crippen LogP contribution in [0, 0.1) is 0 Å². The number of benzene rings is 1. The number of carbonyl (C=O) groups excluding carboxylic acids is 2. The Morgan fingerprint density at radius 3 is 1.12 bits per heavy atom. The van der Waals surface area contributed by atoms with Gasteiger partial charge in [0.2, 0.25) is 0 Å². The molecule has 0 aromatic heterocycles. The maximum Gasteiger partial charge on any atom is 0.251 e. The first-order chi connectivity index (χ1) is 7.29. The smallest absolute Gasteiger partial charge is 0.251 e. The fourth-order valence-electron chi connectivity index (χ4n) is 1.09. The Hall–Kier alpha value is -0.680. The number of hydrogen-bond acceptors (Lipinski definition) is 2. The second kappa shape index (κ2) is 4.67. The van der Waals surface area contributed by atoms with E-state index in [-0.39, 0.29) is 31.2 Å². The predicted octanol–water partition coefficient (Wildman–Crippen LogP) is 2.50. The van der Waals surface area contributed by atoms with Crippen LogP contribution in [-0.2, 0) is 0 Å². The average Bonchev–Trinajstić information content (AvgIpc) is 2.18. The summed E-state index contributed by atoms with van der Waals surface area (Å²) in [5, 5.41) is -0.825. The lowest BCUT2D eigenvalue weighted by Crippen LogP contribution is -2.22. The van der Waals surface area contributed by atoms with Gasteiger partial charge in [-0.3, -0.25) is 9.59 Å². The normalized spacial score (nSPS) is 10.2. The highest BCUT2D eigenvalue weighted by atomic mass is 35.5. The number of hydrogen-bond donors (Lipinski definition) is 2. The first kappa shape index (κ1) is 13.4. The molecular weight excluding hydrogens is 298 g/mol. The van der Waals surface area contributed by atoms with E-state index in [0.29, 0.717) is 0 Å². The van der Waals surface area contributed by atoms with Crippen LogP contribution in [0.2, 0.25) is 20.1 Å². The van der Waals surface area contributed by atoms with Crippen molar-refractivity contribution in [2.75, 3.05) is 0 Å². The monoisotopic (exact) mass is 300 g/mol. The van der Waals surface area contributed by atoms with Crippen molar-refractivity contribution >= 4 is 58.2 Å². The van der Waals surface area contributed by atoms with Crippen LogP contribution < -0.4 is 11.5 Å². The van der Waals surface area contributed by atoms with Gasteiger partial charge in [-0.1, -0.05) is 46.4 Å². The van der Waals surface area contributed by atoms with Crippen molar-refractivity contribution in [2.24, 2.45) is 11.5 Å². The lowest BCUT2D eigenvalue weighted by Gasteiger charge is -2.11. The van der Waals surface area contributed by atoms with E-state index in [1.165, 1.54) is 0 Å². The molecule has 2 amide bonds. The summed E-state index contributed by atoms with van der Waals surface area (Å²) in [7, 11) is 0. The molecule has 8 heteroatoms. The first-order valence-electron chi connectivity index (χ1n) is 3.74. The number of amides is 2. The van der Waals surface area contributed by atoms with Gasteiger partial charge in [0.1, 0.15) is 0 Å². The maximum absolute atomic E-state index is 11.1. The van der Waals surface area contributed by atoms with Gasteiger partial charge in [-0.25, -0.2) is 0 Å². The average molecular weight is 302 g/mol. The molecule has 0 saturated carbocycles. The van der Waals surface area contributed by atoms with Gasteiger partial charge in [0.25, 0.3) is 11.8 Å². The Bertz CT molecular complexity index is 457. The van der Waals surface area contributed by atoms with Crippen LogP contribution in [0.4, 0.5) is 0 Å². The van der Waals surface area contributed by atoms with Crippen molar-refractivity contribution in [3.05, 3.63) is 31.2 Å². The van der Waals surface area contributed by atoms with Crippen LogP contribution in [0.15, 0.2) is 0 Å². The van der Waals surface area contributed by atoms with E-state index in [1.807, 2.05) is 0 Å². The van der Waals surface area contributed by atoms with E-state index in [0.717, 1.165) is 0 Å². The zero-order valence-corrected chi connectivity index (χ0v) is 10.5. The van der Waals surface area contributed by atoms with E-state index in [2.05, 4.69) is 0 Å². The Kier molecular flexibility index (Phi) is 3.91. The standard InChI is InChI=1S/C8H4Cl4N2O2/c9-3-1(7(13)15)2(8(14)16)4(10)6(12)5(3)11/h(H2,13,15)(H2,14,16). The highest BCUT2D eigenvalue weighted by Crippen LogP contribution is 2.41. The highest BCUT2D eigenvalue weighted by Gasteiger charge is 2.26. The van der Waals surface area contributed by atoms with Crippen molar-refractivity contribution < 1.29 is 9.59 Å². The fraction of sp³-hybridized carbons (Fsp3) is 0. The lowest BCUT2D eigenvalue weighted by molar-refractivity contribution is 0.0967. The van der Waals surface area contributed by atoms with Gasteiger partial charge in [-0.05, 0) is 0 Å². The molecule has 0 aliphatic carbocycles. The maximum atomic E-state index is 11.1. The molecule has 1 rings (SSSR count). The quantitative estimate of drug-likeness (QED) is 0.649. The minimum atomic E-state index is -0.973. The number of halogens is 4. The molecule has 0 unspecified atom stereocenters. The lowest BCUT2D eigenvalue weighted by atomic mass is 10.1. The van der Waals surface area contributed by atoms with Gasteiger partial charge < -0.3 is 11.5 Å². The third-order valence-corrected chi connectivity index (χ3v) is 3.56. The van der Waals surface area contributed by atoms with E-state index >= 15 is 0 Å². The van der Waals surface area contributed by atoms with Crippen LogP contribution in [0.3, 0.4) is 0 Å². The molecule has 4 N–H and O–H groups in total. The van der Waals surface area contributed by atoms with Crippen molar-refractivity contribution in [2.45, 2.75) is 0 Å². The Balaban J connectivity index is 3.83. The Labute approximate surface area is 110 Å². The molecule has 4 nitrogen and oxygen atoms in total. The molecule has 16 heavy (non-hydrogen) atoms. The molecule has 0 heterocycles. The van der Waals surface area contributed by atoms with Crippen molar-refractivity contribution in [3.8, 4) is 0 Å². The van der Waals surface area contributed by atoms with E-state index in [1.54, 1.807) is 0 Å². The highest BCUT2D eigenvalue weighted by molar-refractivity contribution is 6.54. The van der Waals surface area contributed by atoms with Gasteiger partial charge in [-0.2, -0.15) is 0 Å². The van der Waals surface area contributed by atoms with Gasteiger partial charge >= 0.3 is 0 Å². The molecule has 86 valence electrons. The zero-order chi connectivity index (χ0) is 12.6. The minimum Gasteiger partial charge on any atom is -0.366 e. The molecule has 0 aliphatic heterocycles. The molecule has 0 spiro atoms. The van der Waals surface area contributed by atoms with E-state index in [9.17, 15) is 9.59 Å². The topological polar surface area (TPSA) is 86.2 Å². The summed E-state index contributed by atoms with van der Waals surface area (Å²) in [6.45, 7) is 0. The van der Waals surface area contributed by atoms with Crippen molar-refractivity contribution in [1.82, 2.24) is 0 Å². The van der Waals surface area contributed by atoms with Gasteiger partial charge in [0.05, 0.1) is 31.2 Å². The van der Waals surface area contributed by atoms with Crippen LogP contribution in [0.5, 0.6) is 0 Å². The third kappa shape index (κ3) is 2.06. The summed E-state index contributed by atoms with van der Waals surface area (Å²) < 4.78 is 0. The van der Waals surface area contributed by atoms with Crippen LogP contribution in [0.25, 0.3) is 0 Å². The van der Waals surface area contributed by atoms with E-state index < -0.39 is 11.8 Å². The molecule has 0 bridgehead atoms. The molecule has 1 aromatic carbocycles. The van der Waals surface area contributed by atoms with Crippen molar-refractivity contribution in [3.63, 3.8) is 0 Å². The van der Waals surface area contributed by atoms with Crippen molar-refractivity contribution in [1.29, 1.82) is 0 Å². The summed E-state index contributed by atoms with van der Waals surface area (Å²) in [5.41, 5.74) is 9.42. The summed E-state index contributed by atoms with van der Waals surface area (Å²) in [4.78, 5) is 22.3. The second-order valence-corrected chi connectivity index (χ2v) is 4.25. The Morgan fingerprint density at radius 1 is 0.688 bits per heavy atom. The second-order valence-electron chi connectivity index (χ2n) is 2.73. The first-order valence-corrected chi connectivity index (χ1v) is 5.25. The molecule has 0 fully saturated rings. The molecule has 0 aliphatic rings. The van der Waals surface area contributed by atoms with Gasteiger partial charge in [0, 0.05) is 0 Å². The minimum absolute atomic E-state index is 0.160. The molecule has 0 saturated heterocycles. The summed E-state index contributed by atoms with van der Waals surface area (Å²) >= 11 is 22.9. The van der Waals surface area contributed by atoms with Crippen LogP contribution in [-0.4, -0.2) is 11.8 Å². The molecular formula is C8H4Cl4N2O2. The van der Waals surface area contributed by atoms with Gasteiger partial charge in [0.15, 0.2) is 0 Å². The summed E-state index contributed by atoms with van der Waals surface area (Å²) in [6, 6.07) is 0. The number of rotatable bonds is 2. The SMILES string of the molecule is NC(=O)c1c(Cl)c(Cl)c(Cl)c(Cl)c1C(N)=O. The van der Waals surface area contributed by atoms with Gasteiger partial charge in [-0.15, -0.1) is 0 Å². The molecule has 1 aromatic rings. The number of nitrogens with two attached hydrogens (primary N) is 2. The summed E-state index contributed by atoms with van der Waals surface area (Å²) in [6.07, 6.45) is 0. The zero-order valence-electron chi connectivity index (χ0n) is 7.48. The molecule has 0 atom stereocenters. The third-order valence-electron chi connectivity index (χ3n) is 1.76. The summed E-state index contributed by atoms with van der Waals surface area (Å²) in [5.74, 6) is -1.95. The fourth-order valence-corrected chi connectivity index (χ4v) is 2.13. The van der Waals surface area contributed by atoms with Crippen LogP contribution in [0.1, 0.15) is 20.7 Å². The number of carbonyl (C=O) groups is 2. The predicted molar refractivity (Wildman–Crippen MR) is 63.5 cm³/mol. The number of primary amides is 2.